The number of alkyl halides is 3. The average Bonchev–Trinajstić information content (AvgIpc) is 2.83. The zero-order valence-corrected chi connectivity index (χ0v) is 11.3. The summed E-state index contributed by atoms with van der Waals surface area (Å²) in [5, 5.41) is 3.14. The van der Waals surface area contributed by atoms with E-state index in [9.17, 15) is 13.2 Å². The molecule has 1 aromatic carbocycles. The van der Waals surface area contributed by atoms with E-state index in [1.165, 1.54) is 18.4 Å². The number of hydrogen-bond donors (Lipinski definition) is 1. The number of rotatable bonds is 4. The van der Waals surface area contributed by atoms with Gasteiger partial charge in [-0.1, -0.05) is 32.0 Å². The molecule has 1 N–H and O–H groups in total. The van der Waals surface area contributed by atoms with Gasteiger partial charge in [0, 0.05) is 11.6 Å². The van der Waals surface area contributed by atoms with Crippen LogP contribution in [0.5, 0.6) is 0 Å². The van der Waals surface area contributed by atoms with Crippen LogP contribution in [-0.2, 0) is 12.7 Å². The first kappa shape index (κ1) is 14.7. The molecule has 0 spiro atoms. The zero-order valence-electron chi connectivity index (χ0n) is 11.3. The van der Waals surface area contributed by atoms with Gasteiger partial charge in [-0.25, -0.2) is 0 Å². The van der Waals surface area contributed by atoms with Crippen LogP contribution in [0.15, 0.2) is 41.0 Å². The lowest BCUT2D eigenvalue weighted by Gasteiger charge is -2.13. The Hall–Kier alpha value is -1.75. The number of nitrogens with one attached hydrogen (secondary N) is 1. The maximum absolute atomic E-state index is 13.0. The monoisotopic (exact) mass is 283 g/mol. The minimum Gasteiger partial charge on any atom is -0.467 e. The van der Waals surface area contributed by atoms with Crippen LogP contribution in [-0.4, -0.2) is 6.04 Å². The van der Waals surface area contributed by atoms with Crippen LogP contribution in [0.25, 0.3) is 11.1 Å². The summed E-state index contributed by atoms with van der Waals surface area (Å²) in [6.45, 7) is 4.32. The fourth-order valence-electron chi connectivity index (χ4n) is 1.98. The molecule has 0 aliphatic heterocycles. The lowest BCUT2D eigenvalue weighted by molar-refractivity contribution is -0.137. The van der Waals surface area contributed by atoms with Crippen LogP contribution >= 0.6 is 0 Å². The molecule has 5 heteroatoms. The zero-order chi connectivity index (χ0) is 14.8. The molecule has 0 aliphatic rings. The highest BCUT2D eigenvalue weighted by Crippen LogP contribution is 2.38. The van der Waals surface area contributed by atoms with Gasteiger partial charge in [0.05, 0.1) is 18.4 Å². The van der Waals surface area contributed by atoms with E-state index in [-0.39, 0.29) is 11.6 Å². The lowest BCUT2D eigenvalue weighted by atomic mass is 9.99. The van der Waals surface area contributed by atoms with E-state index < -0.39 is 11.7 Å². The van der Waals surface area contributed by atoms with E-state index in [2.05, 4.69) is 5.32 Å². The first-order chi connectivity index (χ1) is 9.39. The Morgan fingerprint density at radius 2 is 1.80 bits per heavy atom. The number of furan rings is 1. The van der Waals surface area contributed by atoms with Gasteiger partial charge in [-0.3, -0.25) is 0 Å². The normalized spacial score (nSPS) is 12.1. The number of benzene rings is 1. The summed E-state index contributed by atoms with van der Waals surface area (Å²) in [6.07, 6.45) is -2.96. The van der Waals surface area contributed by atoms with Crippen LogP contribution in [0.2, 0.25) is 0 Å². The summed E-state index contributed by atoms with van der Waals surface area (Å²) in [4.78, 5) is 0. The molecule has 0 unspecified atom stereocenters. The molecular weight excluding hydrogens is 267 g/mol. The molecule has 0 radical (unpaired) electrons. The van der Waals surface area contributed by atoms with Gasteiger partial charge >= 0.3 is 6.18 Å². The summed E-state index contributed by atoms with van der Waals surface area (Å²) in [5.41, 5.74) is -0.0208. The number of halogens is 3. The summed E-state index contributed by atoms with van der Waals surface area (Å²) in [6, 6.07) is 7.33. The molecule has 1 heterocycles. The smallest absolute Gasteiger partial charge is 0.417 e. The second-order valence-electron chi connectivity index (χ2n) is 4.84. The van der Waals surface area contributed by atoms with Crippen molar-refractivity contribution in [3.05, 3.63) is 47.9 Å². The van der Waals surface area contributed by atoms with Crippen molar-refractivity contribution < 1.29 is 17.6 Å². The van der Waals surface area contributed by atoms with E-state index >= 15 is 0 Å². The third-order valence-corrected chi connectivity index (χ3v) is 2.94. The highest BCUT2D eigenvalue weighted by molar-refractivity contribution is 5.69. The Morgan fingerprint density at radius 1 is 1.10 bits per heavy atom. The third-order valence-electron chi connectivity index (χ3n) is 2.94. The molecule has 108 valence electrons. The molecule has 2 aromatic rings. The Kier molecular flexibility index (Phi) is 4.18. The van der Waals surface area contributed by atoms with E-state index in [4.69, 9.17) is 4.42 Å². The van der Waals surface area contributed by atoms with Gasteiger partial charge in [-0.15, -0.1) is 0 Å². The van der Waals surface area contributed by atoms with Crippen LogP contribution < -0.4 is 5.32 Å². The Labute approximate surface area is 115 Å². The van der Waals surface area contributed by atoms with Crippen molar-refractivity contribution in [2.45, 2.75) is 32.6 Å². The van der Waals surface area contributed by atoms with E-state index in [0.29, 0.717) is 17.9 Å². The predicted molar refractivity (Wildman–Crippen MR) is 71.1 cm³/mol. The second kappa shape index (κ2) is 5.71. The summed E-state index contributed by atoms with van der Waals surface area (Å²) in [5.74, 6) is 0.510. The van der Waals surface area contributed by atoms with Crippen LogP contribution in [0.3, 0.4) is 0 Å². The van der Waals surface area contributed by atoms with Gasteiger partial charge in [0.2, 0.25) is 0 Å². The van der Waals surface area contributed by atoms with Crippen molar-refractivity contribution in [3.63, 3.8) is 0 Å². The average molecular weight is 283 g/mol. The highest BCUT2D eigenvalue weighted by atomic mass is 19.4. The SMILES string of the molecule is CC(C)NCc1occc1-c1ccccc1C(F)(F)F. The topological polar surface area (TPSA) is 25.2 Å². The van der Waals surface area contributed by atoms with Crippen molar-refractivity contribution in [3.8, 4) is 11.1 Å². The summed E-state index contributed by atoms with van der Waals surface area (Å²) < 4.78 is 44.4. The molecule has 0 bridgehead atoms. The summed E-state index contributed by atoms with van der Waals surface area (Å²) in [7, 11) is 0. The minimum absolute atomic E-state index is 0.148. The fourth-order valence-corrected chi connectivity index (χ4v) is 1.98. The molecular formula is C15H16F3NO. The standard InChI is InChI=1S/C15H16F3NO/c1-10(2)19-9-14-12(7-8-20-14)11-5-3-4-6-13(11)15(16,17)18/h3-8,10,19H,9H2,1-2H3. The van der Waals surface area contributed by atoms with Crippen molar-refractivity contribution >= 4 is 0 Å². The highest BCUT2D eigenvalue weighted by Gasteiger charge is 2.34. The molecule has 1 aromatic heterocycles. The van der Waals surface area contributed by atoms with E-state index in [0.717, 1.165) is 6.07 Å². The fraction of sp³-hybridized carbons (Fsp3) is 0.333. The minimum atomic E-state index is -4.38. The molecule has 0 aliphatic carbocycles. The van der Waals surface area contributed by atoms with Crippen LogP contribution in [0.4, 0.5) is 13.2 Å². The lowest BCUT2D eigenvalue weighted by Crippen LogP contribution is -2.21. The first-order valence-corrected chi connectivity index (χ1v) is 6.36. The molecule has 0 saturated heterocycles. The molecule has 20 heavy (non-hydrogen) atoms. The Balaban J connectivity index is 2.40. The van der Waals surface area contributed by atoms with Crippen molar-refractivity contribution in [2.75, 3.05) is 0 Å². The van der Waals surface area contributed by atoms with Gasteiger partial charge in [-0.2, -0.15) is 13.2 Å². The van der Waals surface area contributed by atoms with Crippen molar-refractivity contribution in [1.29, 1.82) is 0 Å². The van der Waals surface area contributed by atoms with Crippen LogP contribution in [0, 0.1) is 0 Å². The molecule has 0 amide bonds. The van der Waals surface area contributed by atoms with Gasteiger partial charge in [0.15, 0.2) is 0 Å². The molecule has 2 rings (SSSR count). The van der Waals surface area contributed by atoms with Crippen molar-refractivity contribution in [2.24, 2.45) is 0 Å². The van der Waals surface area contributed by atoms with E-state index in [1.807, 2.05) is 13.8 Å². The van der Waals surface area contributed by atoms with Gasteiger partial charge in [0.1, 0.15) is 5.76 Å². The van der Waals surface area contributed by atoms with Gasteiger partial charge in [-0.05, 0) is 17.7 Å². The summed E-state index contributed by atoms with van der Waals surface area (Å²) >= 11 is 0. The van der Waals surface area contributed by atoms with Gasteiger partial charge in [0.25, 0.3) is 0 Å². The van der Waals surface area contributed by atoms with Crippen LogP contribution in [0.1, 0.15) is 25.2 Å². The molecule has 2 nitrogen and oxygen atoms in total. The Bertz CT molecular complexity index is 572. The number of hydrogen-bond acceptors (Lipinski definition) is 2. The van der Waals surface area contributed by atoms with Crippen molar-refractivity contribution in [1.82, 2.24) is 5.32 Å². The van der Waals surface area contributed by atoms with Gasteiger partial charge < -0.3 is 9.73 Å². The Morgan fingerprint density at radius 3 is 2.45 bits per heavy atom. The third kappa shape index (κ3) is 3.22. The quantitative estimate of drug-likeness (QED) is 0.896. The molecule has 0 saturated carbocycles. The largest absolute Gasteiger partial charge is 0.467 e. The first-order valence-electron chi connectivity index (χ1n) is 6.36. The predicted octanol–water partition coefficient (Wildman–Crippen LogP) is 4.46. The maximum atomic E-state index is 13.0. The second-order valence-corrected chi connectivity index (χ2v) is 4.84. The van der Waals surface area contributed by atoms with E-state index in [1.54, 1.807) is 12.1 Å². The molecule has 0 fully saturated rings. The molecule has 0 atom stereocenters. The maximum Gasteiger partial charge on any atom is 0.417 e.